The van der Waals surface area contributed by atoms with Crippen LogP contribution in [0.15, 0.2) is 30.3 Å². The van der Waals surface area contributed by atoms with Crippen molar-refractivity contribution in [3.8, 4) is 11.4 Å². The highest BCUT2D eigenvalue weighted by Crippen LogP contribution is 2.22. The molecule has 0 atom stereocenters. The number of rotatable bonds is 4. The minimum atomic E-state index is -0.220. The van der Waals surface area contributed by atoms with Gasteiger partial charge in [0.15, 0.2) is 16.4 Å². The first-order valence-corrected chi connectivity index (χ1v) is 8.73. The Hall–Kier alpha value is -2.74. The number of H-pyrrole nitrogens is 2. The molecule has 136 valence electrons. The Kier molecular flexibility index (Phi) is 4.78. The Labute approximate surface area is 156 Å². The van der Waals surface area contributed by atoms with Crippen molar-refractivity contribution in [3.05, 3.63) is 46.4 Å². The number of hydrogen-bond donors (Lipinski definition) is 3. The zero-order chi connectivity index (χ0) is 18.9. The van der Waals surface area contributed by atoms with E-state index in [-0.39, 0.29) is 17.9 Å². The van der Waals surface area contributed by atoms with Crippen LogP contribution in [0.1, 0.15) is 32.0 Å². The summed E-state index contributed by atoms with van der Waals surface area (Å²) in [6.45, 7) is 8.29. The third kappa shape index (κ3) is 3.91. The number of aryl methyl sites for hydroxylation is 1. The molecule has 0 radical (unpaired) electrons. The molecular weight excluding hydrogens is 348 g/mol. The fourth-order valence-electron chi connectivity index (χ4n) is 2.48. The van der Waals surface area contributed by atoms with E-state index in [0.717, 1.165) is 16.8 Å². The third-order valence-electron chi connectivity index (χ3n) is 4.02. The summed E-state index contributed by atoms with van der Waals surface area (Å²) >= 11 is 5.28. The average Bonchev–Trinajstić information content (AvgIpc) is 3.16. The molecule has 3 N–H and O–H groups in total. The second-order valence-corrected chi connectivity index (χ2v) is 7.66. The molecule has 1 amide bonds. The Morgan fingerprint density at radius 2 is 1.88 bits per heavy atom. The van der Waals surface area contributed by atoms with E-state index < -0.39 is 0 Å². The van der Waals surface area contributed by atoms with Gasteiger partial charge in [0.1, 0.15) is 6.54 Å². The number of nitrogens with zero attached hydrogens (tertiary/aromatic N) is 3. The lowest BCUT2D eigenvalue weighted by atomic mass is 9.92. The third-order valence-corrected chi connectivity index (χ3v) is 4.33. The van der Waals surface area contributed by atoms with Crippen molar-refractivity contribution in [1.29, 1.82) is 0 Å². The van der Waals surface area contributed by atoms with Gasteiger partial charge in [0, 0.05) is 22.7 Å². The van der Waals surface area contributed by atoms with Gasteiger partial charge < -0.3 is 5.32 Å². The second kappa shape index (κ2) is 6.87. The van der Waals surface area contributed by atoms with Gasteiger partial charge in [-0.3, -0.25) is 19.6 Å². The van der Waals surface area contributed by atoms with Crippen molar-refractivity contribution in [3.63, 3.8) is 0 Å². The van der Waals surface area contributed by atoms with E-state index in [9.17, 15) is 4.79 Å². The number of amides is 1. The maximum Gasteiger partial charge on any atom is 0.245 e. The van der Waals surface area contributed by atoms with Gasteiger partial charge in [-0.1, -0.05) is 50.6 Å². The van der Waals surface area contributed by atoms with Crippen molar-refractivity contribution in [2.75, 3.05) is 5.32 Å². The molecule has 0 saturated carbocycles. The topological polar surface area (TPSA) is 91.4 Å². The lowest BCUT2D eigenvalue weighted by Gasteiger charge is -2.14. The second-order valence-electron chi connectivity index (χ2n) is 7.27. The first-order chi connectivity index (χ1) is 12.2. The van der Waals surface area contributed by atoms with Gasteiger partial charge in [-0.05, 0) is 19.1 Å². The van der Waals surface area contributed by atoms with Crippen LogP contribution in [-0.4, -0.2) is 30.9 Å². The number of aromatic nitrogens is 5. The molecule has 0 spiro atoms. The molecule has 0 saturated heterocycles. The Bertz CT molecular complexity index is 974. The van der Waals surface area contributed by atoms with Gasteiger partial charge in [-0.25, -0.2) is 0 Å². The molecule has 0 unspecified atom stereocenters. The number of benzene rings is 1. The molecule has 0 aliphatic carbocycles. The van der Waals surface area contributed by atoms with Gasteiger partial charge in [0.2, 0.25) is 5.91 Å². The fraction of sp³-hybridized carbons (Fsp3) is 0.333. The van der Waals surface area contributed by atoms with E-state index in [2.05, 4.69) is 46.5 Å². The van der Waals surface area contributed by atoms with Crippen LogP contribution in [0.4, 0.5) is 5.82 Å². The summed E-state index contributed by atoms with van der Waals surface area (Å²) in [6, 6.07) is 9.74. The molecule has 0 bridgehead atoms. The molecule has 3 aromatic rings. The van der Waals surface area contributed by atoms with E-state index >= 15 is 0 Å². The number of hydrogen-bond acceptors (Lipinski definition) is 4. The number of aromatic amines is 2. The van der Waals surface area contributed by atoms with Crippen molar-refractivity contribution >= 4 is 23.9 Å². The Morgan fingerprint density at radius 1 is 1.19 bits per heavy atom. The van der Waals surface area contributed by atoms with Gasteiger partial charge in [0.05, 0.1) is 0 Å². The summed E-state index contributed by atoms with van der Waals surface area (Å²) in [6.07, 6.45) is 0. The van der Waals surface area contributed by atoms with Gasteiger partial charge in [-0.15, -0.1) is 0 Å². The predicted octanol–water partition coefficient (Wildman–Crippen LogP) is 3.58. The zero-order valence-corrected chi connectivity index (χ0v) is 16.1. The normalized spacial score (nSPS) is 11.5. The summed E-state index contributed by atoms with van der Waals surface area (Å²) < 4.78 is 2.07. The van der Waals surface area contributed by atoms with Crippen LogP contribution in [0.25, 0.3) is 11.4 Å². The van der Waals surface area contributed by atoms with Crippen molar-refractivity contribution < 1.29 is 4.79 Å². The fourth-order valence-corrected chi connectivity index (χ4v) is 2.68. The molecule has 8 heteroatoms. The highest BCUT2D eigenvalue weighted by Gasteiger charge is 2.18. The highest BCUT2D eigenvalue weighted by molar-refractivity contribution is 7.71. The van der Waals surface area contributed by atoms with Crippen LogP contribution in [-0.2, 0) is 16.8 Å². The minimum absolute atomic E-state index is 0.0518. The molecule has 0 aliphatic rings. The van der Waals surface area contributed by atoms with Crippen molar-refractivity contribution in [1.82, 2.24) is 25.0 Å². The first kappa shape index (κ1) is 18.1. The first-order valence-electron chi connectivity index (χ1n) is 8.32. The largest absolute Gasteiger partial charge is 0.308 e. The molecule has 1 aromatic carbocycles. The molecule has 26 heavy (non-hydrogen) atoms. The molecule has 7 nitrogen and oxygen atoms in total. The molecular formula is C18H22N6OS. The van der Waals surface area contributed by atoms with Crippen molar-refractivity contribution in [2.45, 2.75) is 39.7 Å². The molecule has 0 aliphatic heterocycles. The van der Waals surface area contributed by atoms with Crippen molar-refractivity contribution in [2.24, 2.45) is 0 Å². The quantitative estimate of drug-likeness (QED) is 0.612. The summed E-state index contributed by atoms with van der Waals surface area (Å²) in [5.74, 6) is 0.900. The standard InChI is InChI=1S/C18H22N6OS/c1-11-5-7-12(8-6-11)16-22-23-17(26)24(16)10-15(25)19-14-9-13(20-21-14)18(2,3)4/h5-9H,10H2,1-4H3,(H,23,26)(H2,19,20,21,25). The number of carbonyl (C=O) groups excluding carboxylic acids is 1. The average molecular weight is 370 g/mol. The molecule has 2 heterocycles. The maximum absolute atomic E-state index is 12.5. The Morgan fingerprint density at radius 3 is 2.50 bits per heavy atom. The van der Waals surface area contributed by atoms with E-state index in [4.69, 9.17) is 12.2 Å². The maximum atomic E-state index is 12.5. The van der Waals surface area contributed by atoms with Gasteiger partial charge in [-0.2, -0.15) is 10.2 Å². The summed E-state index contributed by atoms with van der Waals surface area (Å²) in [7, 11) is 0. The number of nitrogens with one attached hydrogen (secondary N) is 3. The van der Waals surface area contributed by atoms with E-state index in [1.807, 2.05) is 37.3 Å². The predicted molar refractivity (Wildman–Crippen MR) is 104 cm³/mol. The molecule has 2 aromatic heterocycles. The van der Waals surface area contributed by atoms with Gasteiger partial charge >= 0.3 is 0 Å². The van der Waals surface area contributed by atoms with Crippen LogP contribution >= 0.6 is 12.2 Å². The smallest absolute Gasteiger partial charge is 0.245 e. The van der Waals surface area contributed by atoms with Crippen LogP contribution in [0, 0.1) is 11.7 Å². The highest BCUT2D eigenvalue weighted by atomic mass is 32.1. The molecule has 0 fully saturated rings. The van der Waals surface area contributed by atoms with Crippen LogP contribution in [0.2, 0.25) is 0 Å². The zero-order valence-electron chi connectivity index (χ0n) is 15.3. The minimum Gasteiger partial charge on any atom is -0.308 e. The lowest BCUT2D eigenvalue weighted by Crippen LogP contribution is -2.19. The van der Waals surface area contributed by atoms with Crippen LogP contribution in [0.3, 0.4) is 0 Å². The lowest BCUT2D eigenvalue weighted by molar-refractivity contribution is -0.116. The summed E-state index contributed by atoms with van der Waals surface area (Å²) in [5.41, 5.74) is 2.93. The molecule has 3 rings (SSSR count). The SMILES string of the molecule is Cc1ccc(-c2n[nH]c(=S)n2CC(=O)Nc2cc(C(C)(C)C)[nH]n2)cc1. The van der Waals surface area contributed by atoms with Crippen LogP contribution in [0.5, 0.6) is 0 Å². The monoisotopic (exact) mass is 370 g/mol. The summed E-state index contributed by atoms with van der Waals surface area (Å²) in [5, 5.41) is 16.9. The number of anilines is 1. The van der Waals surface area contributed by atoms with E-state index in [0.29, 0.717) is 16.4 Å². The van der Waals surface area contributed by atoms with Crippen LogP contribution < -0.4 is 5.32 Å². The van der Waals surface area contributed by atoms with E-state index in [1.165, 1.54) is 0 Å². The Balaban J connectivity index is 1.78. The van der Waals surface area contributed by atoms with Gasteiger partial charge in [0.25, 0.3) is 0 Å². The summed E-state index contributed by atoms with van der Waals surface area (Å²) in [4.78, 5) is 12.5. The van der Waals surface area contributed by atoms with E-state index in [1.54, 1.807) is 4.57 Å². The number of carbonyl (C=O) groups is 1.